The van der Waals surface area contributed by atoms with E-state index in [1.165, 1.54) is 6.92 Å². The highest BCUT2D eigenvalue weighted by Crippen LogP contribution is 2.19. The van der Waals surface area contributed by atoms with E-state index in [0.29, 0.717) is 19.5 Å². The van der Waals surface area contributed by atoms with Gasteiger partial charge in [0.1, 0.15) is 5.75 Å². The first-order chi connectivity index (χ1) is 11.1. The molecule has 0 radical (unpaired) electrons. The fourth-order valence-corrected chi connectivity index (χ4v) is 2.88. The first-order valence-electron chi connectivity index (χ1n) is 7.31. The number of carbonyl (C=O) groups excluding carboxylic acids is 2. The van der Waals surface area contributed by atoms with Crippen molar-refractivity contribution in [2.24, 2.45) is 0 Å². The van der Waals surface area contributed by atoms with Gasteiger partial charge in [0.2, 0.25) is 11.8 Å². The molecule has 0 aliphatic carbocycles. The zero-order valence-corrected chi connectivity index (χ0v) is 14.1. The van der Waals surface area contributed by atoms with Gasteiger partial charge in [-0.25, -0.2) is 0 Å². The molecule has 2 aromatic rings. The lowest BCUT2D eigenvalue weighted by Crippen LogP contribution is -2.38. The molecular formula is C17H20N2O3S. The number of rotatable bonds is 7. The molecule has 0 fully saturated rings. The quantitative estimate of drug-likeness (QED) is 0.847. The van der Waals surface area contributed by atoms with Crippen LogP contribution in [0.4, 0.5) is 5.69 Å². The summed E-state index contributed by atoms with van der Waals surface area (Å²) in [7, 11) is 1.60. The van der Waals surface area contributed by atoms with Crippen LogP contribution in [0.2, 0.25) is 0 Å². The van der Waals surface area contributed by atoms with Crippen molar-refractivity contribution in [2.45, 2.75) is 13.3 Å². The fraction of sp³-hybridized carbons (Fsp3) is 0.294. The van der Waals surface area contributed by atoms with E-state index in [9.17, 15) is 9.59 Å². The monoisotopic (exact) mass is 332 g/mol. The minimum atomic E-state index is -0.0670. The van der Waals surface area contributed by atoms with E-state index in [0.717, 1.165) is 16.3 Å². The lowest BCUT2D eigenvalue weighted by molar-refractivity contribution is -0.120. The lowest BCUT2D eigenvalue weighted by Gasteiger charge is -2.21. The first-order valence-corrected chi connectivity index (χ1v) is 8.19. The molecule has 0 spiro atoms. The Balaban J connectivity index is 1.87. The molecule has 0 atom stereocenters. The normalized spacial score (nSPS) is 10.2. The molecule has 0 saturated carbocycles. The van der Waals surface area contributed by atoms with Crippen LogP contribution < -0.4 is 15.0 Å². The van der Waals surface area contributed by atoms with Crippen LogP contribution in [0.15, 0.2) is 41.8 Å². The van der Waals surface area contributed by atoms with E-state index >= 15 is 0 Å². The fourth-order valence-electron chi connectivity index (χ4n) is 2.17. The van der Waals surface area contributed by atoms with Crippen molar-refractivity contribution in [1.29, 1.82) is 0 Å². The third-order valence-corrected chi connectivity index (χ3v) is 4.21. The Labute approximate surface area is 139 Å². The third kappa shape index (κ3) is 5.10. The van der Waals surface area contributed by atoms with Crippen molar-refractivity contribution >= 4 is 28.8 Å². The molecule has 1 aromatic heterocycles. The lowest BCUT2D eigenvalue weighted by atomic mass is 10.2. The smallest absolute Gasteiger partial charge is 0.225 e. The summed E-state index contributed by atoms with van der Waals surface area (Å²) in [4.78, 5) is 26.3. The third-order valence-electron chi connectivity index (χ3n) is 3.34. The number of nitrogens with zero attached hydrogens (tertiary/aromatic N) is 1. The van der Waals surface area contributed by atoms with Crippen LogP contribution in [0.25, 0.3) is 0 Å². The maximum absolute atomic E-state index is 11.9. The van der Waals surface area contributed by atoms with Crippen molar-refractivity contribution in [3.8, 4) is 5.75 Å². The number of carbonyl (C=O) groups is 2. The van der Waals surface area contributed by atoms with Crippen molar-refractivity contribution in [3.63, 3.8) is 0 Å². The summed E-state index contributed by atoms with van der Waals surface area (Å²) < 4.78 is 5.11. The van der Waals surface area contributed by atoms with Crippen molar-refractivity contribution in [1.82, 2.24) is 5.32 Å². The summed E-state index contributed by atoms with van der Waals surface area (Å²) in [5.41, 5.74) is 0.783. The van der Waals surface area contributed by atoms with E-state index in [-0.39, 0.29) is 11.8 Å². The second-order valence-corrected chi connectivity index (χ2v) is 6.01. The predicted molar refractivity (Wildman–Crippen MR) is 92.1 cm³/mol. The minimum Gasteiger partial charge on any atom is -0.497 e. The molecule has 2 rings (SSSR count). The van der Waals surface area contributed by atoms with Crippen molar-refractivity contribution in [3.05, 3.63) is 46.7 Å². The van der Waals surface area contributed by atoms with Gasteiger partial charge in [0.25, 0.3) is 0 Å². The van der Waals surface area contributed by atoms with Crippen LogP contribution in [0.5, 0.6) is 5.75 Å². The molecule has 2 amide bonds. The Hall–Kier alpha value is -2.34. The molecule has 1 heterocycles. The van der Waals surface area contributed by atoms with Gasteiger partial charge in [0.05, 0.1) is 13.5 Å². The number of nitrogens with one attached hydrogen (secondary N) is 1. The molecule has 1 aromatic carbocycles. The molecule has 122 valence electrons. The number of amides is 2. The van der Waals surface area contributed by atoms with E-state index in [2.05, 4.69) is 5.32 Å². The average molecular weight is 332 g/mol. The molecule has 1 N–H and O–H groups in total. The number of thiophene rings is 1. The zero-order valence-electron chi connectivity index (χ0n) is 13.2. The van der Waals surface area contributed by atoms with E-state index in [1.807, 2.05) is 29.6 Å². The average Bonchev–Trinajstić information content (AvgIpc) is 3.04. The van der Waals surface area contributed by atoms with Crippen LogP contribution in [0.1, 0.15) is 11.8 Å². The number of hydrogen-bond acceptors (Lipinski definition) is 4. The standard InChI is InChI=1S/C17H20N2O3S/c1-13(20)19(14-5-7-15(22-2)8-6-14)10-9-18-17(21)12-16-4-3-11-23-16/h3-8,11H,9-10,12H2,1-2H3,(H,18,21). The highest BCUT2D eigenvalue weighted by atomic mass is 32.1. The largest absolute Gasteiger partial charge is 0.497 e. The van der Waals surface area contributed by atoms with Gasteiger partial charge >= 0.3 is 0 Å². The molecule has 0 aliphatic heterocycles. The molecule has 6 heteroatoms. The molecule has 0 aliphatic rings. The predicted octanol–water partition coefficient (Wildman–Crippen LogP) is 2.47. The summed E-state index contributed by atoms with van der Waals surface area (Å²) in [5.74, 6) is 0.634. The van der Waals surface area contributed by atoms with Gasteiger partial charge in [-0.1, -0.05) is 6.07 Å². The van der Waals surface area contributed by atoms with Gasteiger partial charge in [0.15, 0.2) is 0 Å². The SMILES string of the molecule is COc1ccc(N(CCNC(=O)Cc2cccs2)C(C)=O)cc1. The molecule has 23 heavy (non-hydrogen) atoms. The maximum atomic E-state index is 11.9. The highest BCUT2D eigenvalue weighted by Gasteiger charge is 2.12. The van der Waals surface area contributed by atoms with Gasteiger partial charge in [-0.05, 0) is 35.7 Å². The summed E-state index contributed by atoms with van der Waals surface area (Å²) in [6, 6.07) is 11.1. The Bertz CT molecular complexity index is 638. The Kier molecular flexibility index (Phi) is 6.17. The van der Waals surface area contributed by atoms with Crippen LogP contribution in [-0.2, 0) is 16.0 Å². The number of methoxy groups -OCH3 is 1. The zero-order chi connectivity index (χ0) is 16.7. The summed E-state index contributed by atoms with van der Waals surface area (Å²) >= 11 is 1.56. The molecule has 0 saturated heterocycles. The van der Waals surface area contributed by atoms with Gasteiger partial charge in [-0.15, -0.1) is 11.3 Å². The van der Waals surface area contributed by atoms with E-state index < -0.39 is 0 Å². The van der Waals surface area contributed by atoms with E-state index in [1.54, 1.807) is 35.5 Å². The number of ether oxygens (including phenoxy) is 1. The highest BCUT2D eigenvalue weighted by molar-refractivity contribution is 7.10. The summed E-state index contributed by atoms with van der Waals surface area (Å²) in [6.07, 6.45) is 0.375. The second kappa shape index (κ2) is 8.33. The van der Waals surface area contributed by atoms with Crippen LogP contribution in [0.3, 0.4) is 0 Å². The van der Waals surface area contributed by atoms with E-state index in [4.69, 9.17) is 4.74 Å². The summed E-state index contributed by atoms with van der Waals surface area (Å²) in [6.45, 7) is 2.35. The van der Waals surface area contributed by atoms with Gasteiger partial charge in [0, 0.05) is 30.6 Å². The number of anilines is 1. The molecule has 5 nitrogen and oxygen atoms in total. The van der Waals surface area contributed by atoms with Gasteiger partial charge in [-0.2, -0.15) is 0 Å². The van der Waals surface area contributed by atoms with Gasteiger partial charge < -0.3 is 15.0 Å². The summed E-state index contributed by atoms with van der Waals surface area (Å²) in [5, 5.41) is 4.80. The Morgan fingerprint density at radius 1 is 1.22 bits per heavy atom. The van der Waals surface area contributed by atoms with Gasteiger partial charge in [-0.3, -0.25) is 9.59 Å². The van der Waals surface area contributed by atoms with Crippen LogP contribution in [0, 0.1) is 0 Å². The molecule has 0 bridgehead atoms. The van der Waals surface area contributed by atoms with Crippen LogP contribution in [-0.4, -0.2) is 32.0 Å². The first kappa shape index (κ1) is 17.0. The molecule has 0 unspecified atom stereocenters. The van der Waals surface area contributed by atoms with Crippen LogP contribution >= 0.6 is 11.3 Å². The Morgan fingerprint density at radius 3 is 2.52 bits per heavy atom. The topological polar surface area (TPSA) is 58.6 Å². The second-order valence-electron chi connectivity index (χ2n) is 4.97. The Morgan fingerprint density at radius 2 is 1.96 bits per heavy atom. The minimum absolute atomic E-state index is 0.0364. The molecular weight excluding hydrogens is 312 g/mol. The maximum Gasteiger partial charge on any atom is 0.225 e. The number of hydrogen-bond donors (Lipinski definition) is 1. The van der Waals surface area contributed by atoms with Crippen molar-refractivity contribution in [2.75, 3.05) is 25.1 Å². The number of benzene rings is 1. The van der Waals surface area contributed by atoms with Crippen molar-refractivity contribution < 1.29 is 14.3 Å².